The fourth-order valence-corrected chi connectivity index (χ4v) is 5.85. The number of carbonyl (C=O) groups excluding carboxylic acids is 1. The second-order valence-corrected chi connectivity index (χ2v) is 10.5. The number of fused-ring (bicyclic) bond motifs is 1. The second kappa shape index (κ2) is 10.6. The van der Waals surface area contributed by atoms with E-state index in [1.165, 1.54) is 23.3 Å². The van der Waals surface area contributed by atoms with Gasteiger partial charge >= 0.3 is 0 Å². The molecule has 2 aromatic heterocycles. The zero-order valence-electron chi connectivity index (χ0n) is 20.0. The Balaban J connectivity index is 1.28. The highest BCUT2D eigenvalue weighted by molar-refractivity contribution is 7.16. The molecule has 2 aromatic rings. The summed E-state index contributed by atoms with van der Waals surface area (Å²) in [4.78, 5) is 27.9. The van der Waals surface area contributed by atoms with Crippen LogP contribution in [-0.4, -0.2) is 53.5 Å². The first kappa shape index (κ1) is 23.7. The number of carbonyl (C=O) groups is 1. The minimum atomic E-state index is -0.00154. The van der Waals surface area contributed by atoms with Crippen LogP contribution in [0.25, 0.3) is 0 Å². The van der Waals surface area contributed by atoms with Gasteiger partial charge in [-0.15, -0.1) is 11.3 Å². The average molecular weight is 467 g/mol. The van der Waals surface area contributed by atoms with Crippen molar-refractivity contribution in [1.29, 1.82) is 5.26 Å². The number of anilines is 2. The number of aromatic nitrogens is 2. The van der Waals surface area contributed by atoms with Gasteiger partial charge in [0, 0.05) is 61.7 Å². The first-order chi connectivity index (χ1) is 15.9. The van der Waals surface area contributed by atoms with Crippen LogP contribution >= 0.6 is 11.3 Å². The highest BCUT2D eigenvalue weighted by Crippen LogP contribution is 2.37. The fraction of sp³-hybridized carbons (Fsp3) is 0.600. The van der Waals surface area contributed by atoms with Crippen molar-refractivity contribution in [2.45, 2.75) is 65.2 Å². The summed E-state index contributed by atoms with van der Waals surface area (Å²) in [6.07, 6.45) is 5.95. The van der Waals surface area contributed by atoms with Gasteiger partial charge in [-0.2, -0.15) is 5.26 Å². The molecule has 0 bridgehead atoms. The van der Waals surface area contributed by atoms with E-state index in [9.17, 15) is 10.1 Å². The maximum Gasteiger partial charge on any atom is 0.226 e. The van der Waals surface area contributed by atoms with Crippen LogP contribution in [0.15, 0.2) is 6.07 Å². The van der Waals surface area contributed by atoms with Gasteiger partial charge in [0.15, 0.2) is 0 Å². The third-order valence-corrected chi connectivity index (χ3v) is 7.72. The van der Waals surface area contributed by atoms with Crippen LogP contribution in [0.5, 0.6) is 0 Å². The minimum Gasteiger partial charge on any atom is -0.354 e. The number of piperazine rings is 1. The summed E-state index contributed by atoms with van der Waals surface area (Å²) >= 11 is 1.60. The van der Waals surface area contributed by atoms with Gasteiger partial charge in [0.1, 0.15) is 22.7 Å². The molecular formula is C25H34N6OS. The summed E-state index contributed by atoms with van der Waals surface area (Å²) in [6, 6.07) is 4.41. The molecule has 176 valence electrons. The predicted molar refractivity (Wildman–Crippen MR) is 133 cm³/mol. The number of rotatable bonds is 6. The SMILES string of the molecule is Cc1cc(N2CCN(CCC(=O)Nc3sc4c(c3C#N)CCCCC4)CC2)nc(C(C)C)n1. The zero-order chi connectivity index (χ0) is 23.4. The van der Waals surface area contributed by atoms with E-state index in [1.807, 2.05) is 6.92 Å². The molecule has 3 heterocycles. The van der Waals surface area contributed by atoms with Crippen molar-refractivity contribution < 1.29 is 4.79 Å². The van der Waals surface area contributed by atoms with Crippen molar-refractivity contribution >= 4 is 28.1 Å². The van der Waals surface area contributed by atoms with E-state index in [1.54, 1.807) is 11.3 Å². The molecule has 8 heteroatoms. The van der Waals surface area contributed by atoms with Gasteiger partial charge in [-0.25, -0.2) is 9.97 Å². The van der Waals surface area contributed by atoms with E-state index in [2.05, 4.69) is 46.1 Å². The number of hydrogen-bond acceptors (Lipinski definition) is 7. The van der Waals surface area contributed by atoms with E-state index >= 15 is 0 Å². The van der Waals surface area contributed by atoms with Crippen LogP contribution in [-0.2, 0) is 17.6 Å². The summed E-state index contributed by atoms with van der Waals surface area (Å²) < 4.78 is 0. The molecule has 0 atom stereocenters. The molecule has 0 saturated carbocycles. The molecule has 4 rings (SSSR count). The number of aryl methyl sites for hydroxylation is 2. The second-order valence-electron chi connectivity index (χ2n) is 9.39. The highest BCUT2D eigenvalue weighted by atomic mass is 32.1. The molecule has 7 nitrogen and oxygen atoms in total. The van der Waals surface area contributed by atoms with Crippen LogP contribution in [0.3, 0.4) is 0 Å². The Bertz CT molecular complexity index is 1030. The third kappa shape index (κ3) is 5.71. The number of nitriles is 1. The first-order valence-electron chi connectivity index (χ1n) is 12.1. The quantitative estimate of drug-likeness (QED) is 0.640. The van der Waals surface area contributed by atoms with Crippen molar-refractivity contribution in [3.63, 3.8) is 0 Å². The highest BCUT2D eigenvalue weighted by Gasteiger charge is 2.23. The Morgan fingerprint density at radius 3 is 2.67 bits per heavy atom. The molecule has 1 amide bonds. The van der Waals surface area contributed by atoms with Gasteiger partial charge in [0.2, 0.25) is 5.91 Å². The number of amides is 1. The summed E-state index contributed by atoms with van der Waals surface area (Å²) in [5.74, 6) is 2.21. The summed E-state index contributed by atoms with van der Waals surface area (Å²) in [5.41, 5.74) is 2.87. The molecule has 0 spiro atoms. The molecule has 0 radical (unpaired) electrons. The summed E-state index contributed by atoms with van der Waals surface area (Å²) in [7, 11) is 0. The maximum atomic E-state index is 12.7. The predicted octanol–water partition coefficient (Wildman–Crippen LogP) is 4.26. The van der Waals surface area contributed by atoms with Crippen LogP contribution in [0.2, 0.25) is 0 Å². The summed E-state index contributed by atoms with van der Waals surface area (Å²) in [6.45, 7) is 10.6. The molecular weight excluding hydrogens is 432 g/mol. The van der Waals surface area contributed by atoms with E-state index < -0.39 is 0 Å². The lowest BCUT2D eigenvalue weighted by Gasteiger charge is -2.35. The lowest BCUT2D eigenvalue weighted by atomic mass is 10.1. The van der Waals surface area contributed by atoms with Crippen molar-refractivity contribution in [3.05, 3.63) is 33.6 Å². The third-order valence-electron chi connectivity index (χ3n) is 6.51. The zero-order valence-corrected chi connectivity index (χ0v) is 20.8. The molecule has 1 fully saturated rings. The van der Waals surface area contributed by atoms with E-state index in [4.69, 9.17) is 4.98 Å². The molecule has 33 heavy (non-hydrogen) atoms. The van der Waals surface area contributed by atoms with Crippen molar-refractivity contribution in [1.82, 2.24) is 14.9 Å². The molecule has 0 unspecified atom stereocenters. The van der Waals surface area contributed by atoms with Crippen molar-refractivity contribution in [2.75, 3.05) is 42.9 Å². The van der Waals surface area contributed by atoms with Crippen molar-refractivity contribution in [2.24, 2.45) is 0 Å². The van der Waals surface area contributed by atoms with Crippen LogP contribution in [0.4, 0.5) is 10.8 Å². The molecule has 1 aliphatic carbocycles. The largest absolute Gasteiger partial charge is 0.354 e. The molecule has 1 saturated heterocycles. The van der Waals surface area contributed by atoms with Gasteiger partial charge in [-0.05, 0) is 38.2 Å². The number of thiophene rings is 1. The average Bonchev–Trinajstić information content (AvgIpc) is 2.96. The molecule has 1 aliphatic heterocycles. The Hall–Kier alpha value is -2.50. The number of nitrogens with one attached hydrogen (secondary N) is 1. The minimum absolute atomic E-state index is 0.00154. The van der Waals surface area contributed by atoms with Gasteiger partial charge in [-0.3, -0.25) is 9.69 Å². The number of hydrogen-bond donors (Lipinski definition) is 1. The topological polar surface area (TPSA) is 85.1 Å². The van der Waals surface area contributed by atoms with Crippen LogP contribution in [0.1, 0.15) is 73.0 Å². The fourth-order valence-electron chi connectivity index (χ4n) is 4.59. The van der Waals surface area contributed by atoms with Gasteiger partial charge in [-0.1, -0.05) is 20.3 Å². The van der Waals surface area contributed by atoms with Crippen molar-refractivity contribution in [3.8, 4) is 6.07 Å². The lowest BCUT2D eigenvalue weighted by molar-refractivity contribution is -0.116. The Morgan fingerprint density at radius 2 is 1.94 bits per heavy atom. The summed E-state index contributed by atoms with van der Waals surface area (Å²) in [5, 5.41) is 13.5. The first-order valence-corrected chi connectivity index (χ1v) is 12.9. The Morgan fingerprint density at radius 1 is 1.18 bits per heavy atom. The van der Waals surface area contributed by atoms with Crippen LogP contribution in [0, 0.1) is 18.3 Å². The smallest absolute Gasteiger partial charge is 0.226 e. The molecule has 0 aromatic carbocycles. The van der Waals surface area contributed by atoms with Crippen LogP contribution < -0.4 is 10.2 Å². The standard InChI is InChI=1S/C25H34N6OS/c1-17(2)24-27-18(3)15-22(28-24)31-13-11-30(12-14-31)10-9-23(32)29-25-20(16-26)19-7-5-4-6-8-21(19)33-25/h15,17H,4-14H2,1-3H3,(H,29,32). The normalized spacial score (nSPS) is 16.9. The van der Waals surface area contributed by atoms with Gasteiger partial charge < -0.3 is 10.2 Å². The van der Waals surface area contributed by atoms with Gasteiger partial charge in [0.05, 0.1) is 5.56 Å². The maximum absolute atomic E-state index is 12.7. The number of nitrogens with zero attached hydrogens (tertiary/aromatic N) is 5. The lowest BCUT2D eigenvalue weighted by Crippen LogP contribution is -2.47. The van der Waals surface area contributed by atoms with E-state index in [-0.39, 0.29) is 5.91 Å². The Labute approximate surface area is 200 Å². The monoisotopic (exact) mass is 466 g/mol. The van der Waals surface area contributed by atoms with E-state index in [0.29, 0.717) is 17.9 Å². The van der Waals surface area contributed by atoms with E-state index in [0.717, 1.165) is 74.3 Å². The molecule has 1 N–H and O–H groups in total. The Kier molecular flexibility index (Phi) is 7.61. The van der Waals surface area contributed by atoms with Gasteiger partial charge in [0.25, 0.3) is 0 Å². The molecule has 2 aliphatic rings.